The van der Waals surface area contributed by atoms with Crippen LogP contribution in [0.5, 0.6) is 0 Å². The van der Waals surface area contributed by atoms with E-state index in [2.05, 4.69) is 48.7 Å². The summed E-state index contributed by atoms with van der Waals surface area (Å²) in [4.78, 5) is 4.08. The minimum Gasteiger partial charge on any atom is -0.319 e. The summed E-state index contributed by atoms with van der Waals surface area (Å²) in [6.07, 6.45) is 6.79. The first-order valence-electron chi connectivity index (χ1n) is 7.52. The number of nitrogens with one attached hydrogen (secondary N) is 1. The van der Waals surface area contributed by atoms with Crippen molar-refractivity contribution < 1.29 is 0 Å². The van der Waals surface area contributed by atoms with E-state index in [0.717, 1.165) is 0 Å². The van der Waals surface area contributed by atoms with Gasteiger partial charge >= 0.3 is 0 Å². The van der Waals surface area contributed by atoms with E-state index in [4.69, 9.17) is 0 Å². The summed E-state index contributed by atoms with van der Waals surface area (Å²) in [7, 11) is 4.39. The molecule has 0 spiro atoms. The van der Waals surface area contributed by atoms with Crippen molar-refractivity contribution in [3.05, 3.63) is 22.4 Å². The Hall–Kier alpha value is -0.380. The first kappa shape index (κ1) is 15.0. The zero-order chi connectivity index (χ0) is 13.7. The minimum absolute atomic E-state index is 0.521. The van der Waals surface area contributed by atoms with Crippen molar-refractivity contribution in [3.8, 4) is 0 Å². The highest BCUT2D eigenvalue weighted by Gasteiger charge is 2.34. The third-order valence-electron chi connectivity index (χ3n) is 4.63. The fourth-order valence-electron chi connectivity index (χ4n) is 3.45. The molecule has 0 radical (unpaired) electrons. The van der Waals surface area contributed by atoms with E-state index >= 15 is 0 Å². The van der Waals surface area contributed by atoms with Crippen LogP contribution >= 0.6 is 11.3 Å². The second-order valence-corrected chi connectivity index (χ2v) is 7.32. The van der Waals surface area contributed by atoms with Gasteiger partial charge in [0.25, 0.3) is 0 Å². The van der Waals surface area contributed by atoms with Crippen LogP contribution in [0, 0.1) is 5.41 Å². The Balaban J connectivity index is 1.89. The quantitative estimate of drug-likeness (QED) is 0.823. The Morgan fingerprint density at radius 2 is 2.16 bits per heavy atom. The molecule has 0 bridgehead atoms. The highest BCUT2D eigenvalue weighted by molar-refractivity contribution is 7.09. The predicted molar refractivity (Wildman–Crippen MR) is 84.9 cm³/mol. The molecule has 1 unspecified atom stereocenters. The van der Waals surface area contributed by atoms with Gasteiger partial charge in [-0.1, -0.05) is 18.9 Å². The van der Waals surface area contributed by atoms with Crippen molar-refractivity contribution in [2.45, 2.75) is 45.1 Å². The van der Waals surface area contributed by atoms with Crippen molar-refractivity contribution >= 4 is 11.3 Å². The van der Waals surface area contributed by atoms with E-state index in [9.17, 15) is 0 Å². The van der Waals surface area contributed by atoms with Crippen molar-refractivity contribution in [2.75, 3.05) is 27.2 Å². The molecule has 1 heterocycles. The van der Waals surface area contributed by atoms with E-state index in [1.807, 2.05) is 11.3 Å². The van der Waals surface area contributed by atoms with Crippen molar-refractivity contribution in [1.29, 1.82) is 0 Å². The molecule has 1 aromatic heterocycles. The lowest BCUT2D eigenvalue weighted by atomic mass is 9.85. The summed E-state index contributed by atoms with van der Waals surface area (Å²) in [5.74, 6) is 0. The number of nitrogens with zero attached hydrogens (tertiary/aromatic N) is 1. The largest absolute Gasteiger partial charge is 0.319 e. The van der Waals surface area contributed by atoms with Crippen LogP contribution in [0.3, 0.4) is 0 Å². The third kappa shape index (κ3) is 4.04. The molecule has 2 nitrogen and oxygen atoms in total. The fraction of sp³-hybridized carbons (Fsp3) is 0.750. The molecule has 1 atom stereocenters. The average molecular weight is 280 g/mol. The van der Waals surface area contributed by atoms with E-state index in [1.54, 1.807) is 0 Å². The molecule has 1 aromatic rings. The number of hydrogen-bond acceptors (Lipinski definition) is 3. The molecule has 1 aliphatic carbocycles. The molecule has 0 aliphatic heterocycles. The molecule has 0 amide bonds. The first-order chi connectivity index (χ1) is 9.15. The summed E-state index contributed by atoms with van der Waals surface area (Å²) in [6, 6.07) is 5.05. The average Bonchev–Trinajstić information content (AvgIpc) is 3.01. The van der Waals surface area contributed by atoms with Crippen LogP contribution in [0.25, 0.3) is 0 Å². The number of likely N-dealkylation sites (N-methyl/N-ethyl adjacent to an activating group) is 1. The number of hydrogen-bond donors (Lipinski definition) is 1. The topological polar surface area (TPSA) is 15.3 Å². The highest BCUT2D eigenvalue weighted by atomic mass is 32.1. The molecule has 2 rings (SSSR count). The normalized spacial score (nSPS) is 20.0. The van der Waals surface area contributed by atoms with Crippen LogP contribution < -0.4 is 5.32 Å². The lowest BCUT2D eigenvalue weighted by Crippen LogP contribution is -2.44. The molecular formula is C16H28N2S. The van der Waals surface area contributed by atoms with Crippen molar-refractivity contribution in [1.82, 2.24) is 10.2 Å². The Morgan fingerprint density at radius 3 is 2.74 bits per heavy atom. The van der Waals surface area contributed by atoms with Crippen LogP contribution in [0.15, 0.2) is 17.5 Å². The lowest BCUT2D eigenvalue weighted by Gasteiger charge is -2.36. The van der Waals surface area contributed by atoms with Gasteiger partial charge in [-0.15, -0.1) is 11.3 Å². The molecule has 1 N–H and O–H groups in total. The van der Waals surface area contributed by atoms with Gasteiger partial charge < -0.3 is 10.2 Å². The zero-order valence-electron chi connectivity index (χ0n) is 12.6. The first-order valence-corrected chi connectivity index (χ1v) is 8.40. The Morgan fingerprint density at radius 1 is 1.42 bits per heavy atom. The summed E-state index contributed by atoms with van der Waals surface area (Å²) < 4.78 is 0. The molecule has 19 heavy (non-hydrogen) atoms. The monoisotopic (exact) mass is 280 g/mol. The summed E-state index contributed by atoms with van der Waals surface area (Å²) in [5.41, 5.74) is 0.521. The van der Waals surface area contributed by atoms with Crippen molar-refractivity contribution in [3.63, 3.8) is 0 Å². The maximum atomic E-state index is 3.42. The third-order valence-corrected chi connectivity index (χ3v) is 5.53. The SMILES string of the molecule is CNCC1(CN(C)C(C)Cc2cccs2)CCCC1. The lowest BCUT2D eigenvalue weighted by molar-refractivity contribution is 0.143. The molecule has 3 heteroatoms. The maximum absolute atomic E-state index is 3.42. The predicted octanol–water partition coefficient (Wildman–Crippen LogP) is 3.39. The van der Waals surface area contributed by atoms with Gasteiger partial charge in [-0.3, -0.25) is 0 Å². The summed E-state index contributed by atoms with van der Waals surface area (Å²) in [5, 5.41) is 5.60. The Kier molecular flexibility index (Phi) is 5.43. The minimum atomic E-state index is 0.521. The molecule has 0 aromatic carbocycles. The number of rotatable bonds is 7. The summed E-state index contributed by atoms with van der Waals surface area (Å²) in [6.45, 7) is 4.77. The molecular weight excluding hydrogens is 252 g/mol. The highest BCUT2D eigenvalue weighted by Crippen LogP contribution is 2.38. The fourth-order valence-corrected chi connectivity index (χ4v) is 4.28. The van der Waals surface area contributed by atoms with Gasteiger partial charge in [0.05, 0.1) is 0 Å². The smallest absolute Gasteiger partial charge is 0.0112 e. The van der Waals surface area contributed by atoms with Gasteiger partial charge in [-0.2, -0.15) is 0 Å². The summed E-state index contributed by atoms with van der Waals surface area (Å²) >= 11 is 1.88. The second-order valence-electron chi connectivity index (χ2n) is 6.29. The van der Waals surface area contributed by atoms with Gasteiger partial charge in [-0.05, 0) is 57.1 Å². The van der Waals surface area contributed by atoms with Crippen LogP contribution in [-0.4, -0.2) is 38.1 Å². The number of thiophene rings is 1. The van der Waals surface area contributed by atoms with E-state index in [0.29, 0.717) is 11.5 Å². The standard InChI is InChI=1S/C16H28N2S/c1-14(11-15-7-6-10-19-15)18(3)13-16(12-17-2)8-4-5-9-16/h6-7,10,14,17H,4-5,8-9,11-13H2,1-3H3. The molecule has 0 saturated heterocycles. The van der Waals surface area contributed by atoms with Crippen LogP contribution in [0.1, 0.15) is 37.5 Å². The second kappa shape index (κ2) is 6.87. The van der Waals surface area contributed by atoms with Gasteiger partial charge in [0.1, 0.15) is 0 Å². The zero-order valence-corrected chi connectivity index (χ0v) is 13.4. The van der Waals surface area contributed by atoms with Crippen LogP contribution in [0.4, 0.5) is 0 Å². The molecule has 1 saturated carbocycles. The Bertz CT molecular complexity index is 355. The molecule has 1 aliphatic rings. The van der Waals surface area contributed by atoms with Crippen molar-refractivity contribution in [2.24, 2.45) is 5.41 Å². The maximum Gasteiger partial charge on any atom is 0.0112 e. The van der Waals surface area contributed by atoms with Gasteiger partial charge in [-0.25, -0.2) is 0 Å². The van der Waals surface area contributed by atoms with Gasteiger partial charge in [0.15, 0.2) is 0 Å². The van der Waals surface area contributed by atoms with E-state index < -0.39 is 0 Å². The van der Waals surface area contributed by atoms with Gasteiger partial charge in [0, 0.05) is 24.0 Å². The van der Waals surface area contributed by atoms with E-state index in [-0.39, 0.29) is 0 Å². The van der Waals surface area contributed by atoms with Crippen LogP contribution in [0.2, 0.25) is 0 Å². The Labute approximate surface area is 122 Å². The molecule has 1 fully saturated rings. The van der Waals surface area contributed by atoms with Crippen LogP contribution in [-0.2, 0) is 6.42 Å². The van der Waals surface area contributed by atoms with Gasteiger partial charge in [0.2, 0.25) is 0 Å². The van der Waals surface area contributed by atoms with E-state index in [1.165, 1.54) is 50.1 Å². The molecule has 108 valence electrons.